The van der Waals surface area contributed by atoms with Crippen molar-refractivity contribution in [3.63, 3.8) is 0 Å². The molecule has 0 spiro atoms. The van der Waals surface area contributed by atoms with Crippen LogP contribution in [-0.4, -0.2) is 45.2 Å². The van der Waals surface area contributed by atoms with E-state index in [0.29, 0.717) is 25.5 Å². The molecule has 0 saturated heterocycles. The van der Waals surface area contributed by atoms with Gasteiger partial charge in [0.15, 0.2) is 5.96 Å². The second-order valence-corrected chi connectivity index (χ2v) is 5.93. The van der Waals surface area contributed by atoms with Crippen molar-refractivity contribution >= 4 is 35.8 Å². The number of carbonyl (C=O) groups excluding carboxylic acids is 1. The molecule has 1 rings (SSSR count). The van der Waals surface area contributed by atoms with E-state index in [9.17, 15) is 4.79 Å². The molecule has 0 bridgehead atoms. The van der Waals surface area contributed by atoms with Gasteiger partial charge >= 0.3 is 0 Å². The van der Waals surface area contributed by atoms with Crippen molar-refractivity contribution in [2.75, 3.05) is 27.3 Å². The molecule has 0 aromatic heterocycles. The number of aliphatic imine (C=N–C) groups is 1. The highest BCUT2D eigenvalue weighted by atomic mass is 127. The number of rotatable bonds is 10. The number of methoxy groups -OCH3 is 2. The van der Waals surface area contributed by atoms with Crippen molar-refractivity contribution in [3.05, 3.63) is 23.8 Å². The molecule has 7 nitrogen and oxygen atoms in total. The lowest BCUT2D eigenvalue weighted by atomic mass is 10.2. The summed E-state index contributed by atoms with van der Waals surface area (Å²) >= 11 is 0. The van der Waals surface area contributed by atoms with Crippen LogP contribution >= 0.6 is 24.0 Å². The highest BCUT2D eigenvalue weighted by Crippen LogP contribution is 2.25. The van der Waals surface area contributed by atoms with E-state index in [1.54, 1.807) is 14.2 Å². The fourth-order valence-electron chi connectivity index (χ4n) is 2.23. The van der Waals surface area contributed by atoms with Gasteiger partial charge in [-0.1, -0.05) is 6.92 Å². The molecule has 8 heteroatoms. The Morgan fingerprint density at radius 3 is 2.52 bits per heavy atom. The van der Waals surface area contributed by atoms with E-state index >= 15 is 0 Å². The second-order valence-electron chi connectivity index (χ2n) is 5.93. The maximum atomic E-state index is 11.8. The molecule has 0 fully saturated rings. The van der Waals surface area contributed by atoms with Gasteiger partial charge in [0.05, 0.1) is 20.8 Å². The number of benzene rings is 1. The van der Waals surface area contributed by atoms with Crippen molar-refractivity contribution in [2.24, 2.45) is 4.99 Å². The first-order valence-corrected chi connectivity index (χ1v) is 9.06. The predicted octanol–water partition coefficient (Wildman–Crippen LogP) is 2.68. The molecule has 27 heavy (non-hydrogen) atoms. The normalized spacial score (nSPS) is 11.8. The molecule has 3 N–H and O–H groups in total. The van der Waals surface area contributed by atoms with E-state index in [4.69, 9.17) is 9.47 Å². The average Bonchev–Trinajstić information content (AvgIpc) is 2.65. The minimum absolute atomic E-state index is 0. The van der Waals surface area contributed by atoms with Crippen LogP contribution in [0.1, 0.15) is 39.2 Å². The Morgan fingerprint density at radius 2 is 1.93 bits per heavy atom. The fourth-order valence-corrected chi connectivity index (χ4v) is 2.23. The number of amides is 1. The van der Waals surface area contributed by atoms with Crippen molar-refractivity contribution in [3.8, 4) is 11.5 Å². The van der Waals surface area contributed by atoms with Crippen LogP contribution in [0.5, 0.6) is 11.5 Å². The Bertz CT molecular complexity index is 596. The molecule has 0 aliphatic carbocycles. The van der Waals surface area contributed by atoms with Gasteiger partial charge < -0.3 is 25.4 Å². The molecule has 1 atom stereocenters. The maximum absolute atomic E-state index is 11.8. The zero-order valence-corrected chi connectivity index (χ0v) is 19.3. The van der Waals surface area contributed by atoms with Gasteiger partial charge in [-0.05, 0) is 32.4 Å². The van der Waals surface area contributed by atoms with Crippen LogP contribution in [0.25, 0.3) is 0 Å². The third kappa shape index (κ3) is 9.69. The molecule has 0 heterocycles. The summed E-state index contributed by atoms with van der Waals surface area (Å²) in [4.78, 5) is 16.4. The fraction of sp³-hybridized carbons (Fsp3) is 0.579. The summed E-state index contributed by atoms with van der Waals surface area (Å²) in [6.45, 7) is 7.77. The van der Waals surface area contributed by atoms with Crippen molar-refractivity contribution < 1.29 is 14.3 Å². The SMILES string of the molecule is CCNC(=NCc1ccc(OC)cc1OC)NCCC(=O)NC(C)CC.I. The number of guanidine groups is 1. The molecule has 1 aromatic carbocycles. The zero-order chi connectivity index (χ0) is 19.4. The largest absolute Gasteiger partial charge is 0.497 e. The smallest absolute Gasteiger partial charge is 0.221 e. The lowest BCUT2D eigenvalue weighted by Crippen LogP contribution is -2.40. The lowest BCUT2D eigenvalue weighted by molar-refractivity contribution is -0.121. The first kappa shape index (κ1) is 25.3. The molecular formula is C19H33IN4O3. The van der Waals surface area contributed by atoms with Crippen LogP contribution in [0.2, 0.25) is 0 Å². The summed E-state index contributed by atoms with van der Waals surface area (Å²) in [6.07, 6.45) is 1.33. The number of carbonyl (C=O) groups is 1. The molecule has 1 amide bonds. The van der Waals surface area contributed by atoms with Crippen LogP contribution < -0.4 is 25.4 Å². The number of ether oxygens (including phenoxy) is 2. The molecule has 0 radical (unpaired) electrons. The number of halogens is 1. The number of nitrogens with one attached hydrogen (secondary N) is 3. The maximum Gasteiger partial charge on any atom is 0.221 e. The molecule has 0 aliphatic rings. The van der Waals surface area contributed by atoms with Crippen LogP contribution in [0.4, 0.5) is 0 Å². The van der Waals surface area contributed by atoms with Crippen molar-refractivity contribution in [1.29, 1.82) is 0 Å². The first-order chi connectivity index (χ1) is 12.5. The number of hydrogen-bond acceptors (Lipinski definition) is 4. The summed E-state index contributed by atoms with van der Waals surface area (Å²) in [7, 11) is 3.25. The van der Waals surface area contributed by atoms with Crippen LogP contribution in [0.3, 0.4) is 0 Å². The predicted molar refractivity (Wildman–Crippen MR) is 120 cm³/mol. The van der Waals surface area contributed by atoms with Crippen LogP contribution in [0, 0.1) is 0 Å². The van der Waals surface area contributed by atoms with Gasteiger partial charge in [-0.15, -0.1) is 24.0 Å². The number of nitrogens with zero attached hydrogens (tertiary/aromatic N) is 1. The van der Waals surface area contributed by atoms with E-state index in [-0.39, 0.29) is 35.9 Å². The highest BCUT2D eigenvalue weighted by molar-refractivity contribution is 14.0. The van der Waals surface area contributed by atoms with Gasteiger partial charge in [-0.2, -0.15) is 0 Å². The van der Waals surface area contributed by atoms with Gasteiger partial charge in [0.2, 0.25) is 5.91 Å². The molecule has 1 unspecified atom stereocenters. The van der Waals surface area contributed by atoms with E-state index in [0.717, 1.165) is 30.0 Å². The van der Waals surface area contributed by atoms with Gasteiger partial charge in [0.1, 0.15) is 11.5 Å². The Balaban J connectivity index is 0.00000676. The Kier molecular flexibility index (Phi) is 13.5. The minimum atomic E-state index is 0. The summed E-state index contributed by atoms with van der Waals surface area (Å²) in [5.41, 5.74) is 0.958. The molecule has 0 aliphatic heterocycles. The molecule has 1 aromatic rings. The zero-order valence-electron chi connectivity index (χ0n) is 16.9. The van der Waals surface area contributed by atoms with Crippen molar-refractivity contribution in [1.82, 2.24) is 16.0 Å². The molecule has 0 saturated carbocycles. The monoisotopic (exact) mass is 492 g/mol. The average molecular weight is 492 g/mol. The second kappa shape index (κ2) is 14.4. The van der Waals surface area contributed by atoms with Gasteiger partial charge in [-0.3, -0.25) is 4.79 Å². The van der Waals surface area contributed by atoms with E-state index < -0.39 is 0 Å². The van der Waals surface area contributed by atoms with Gasteiger partial charge in [0, 0.05) is 37.2 Å². The van der Waals surface area contributed by atoms with E-state index in [1.807, 2.05) is 39.0 Å². The summed E-state index contributed by atoms with van der Waals surface area (Å²) in [6, 6.07) is 5.86. The molecular weight excluding hydrogens is 459 g/mol. The number of hydrogen-bond donors (Lipinski definition) is 3. The third-order valence-electron chi connectivity index (χ3n) is 3.91. The summed E-state index contributed by atoms with van der Waals surface area (Å²) in [5.74, 6) is 2.19. The minimum Gasteiger partial charge on any atom is -0.497 e. The first-order valence-electron chi connectivity index (χ1n) is 9.06. The lowest BCUT2D eigenvalue weighted by Gasteiger charge is -2.14. The standard InChI is InChI=1S/C19H32N4O3.HI/c1-6-14(3)23-18(24)10-11-21-19(20-7-2)22-13-15-8-9-16(25-4)12-17(15)26-5;/h8-9,12,14H,6-7,10-11,13H2,1-5H3,(H,23,24)(H2,20,21,22);1H. The highest BCUT2D eigenvalue weighted by Gasteiger charge is 2.07. The van der Waals surface area contributed by atoms with Crippen molar-refractivity contribution in [2.45, 2.75) is 46.2 Å². The third-order valence-corrected chi connectivity index (χ3v) is 3.91. The van der Waals surface area contributed by atoms with Crippen LogP contribution in [0.15, 0.2) is 23.2 Å². The van der Waals surface area contributed by atoms with Gasteiger partial charge in [-0.25, -0.2) is 4.99 Å². The molecule has 154 valence electrons. The Labute approximate surface area is 179 Å². The Morgan fingerprint density at radius 1 is 1.19 bits per heavy atom. The summed E-state index contributed by atoms with van der Waals surface area (Å²) < 4.78 is 10.6. The van der Waals surface area contributed by atoms with E-state index in [2.05, 4.69) is 20.9 Å². The topological polar surface area (TPSA) is 84.0 Å². The quantitative estimate of drug-likeness (QED) is 0.266. The van der Waals surface area contributed by atoms with E-state index in [1.165, 1.54) is 0 Å². The summed E-state index contributed by atoms with van der Waals surface area (Å²) in [5, 5.41) is 9.32. The van der Waals surface area contributed by atoms with Gasteiger partial charge in [0.25, 0.3) is 0 Å². The van der Waals surface area contributed by atoms with Crippen LogP contribution in [-0.2, 0) is 11.3 Å². The Hall–Kier alpha value is -1.71.